The fourth-order valence-corrected chi connectivity index (χ4v) is 2.93. The maximum atomic E-state index is 4.46. The molecule has 0 aliphatic carbocycles. The molecule has 1 saturated heterocycles. The molecular weight excluding hydrogens is 330 g/mol. The number of hydrogen-bond donors (Lipinski definition) is 2. The second kappa shape index (κ2) is 7.15. The van der Waals surface area contributed by atoms with Crippen LogP contribution in [-0.4, -0.2) is 54.1 Å². The minimum absolute atomic E-state index is 0.913. The molecule has 2 N–H and O–H groups in total. The van der Waals surface area contributed by atoms with E-state index in [4.69, 9.17) is 0 Å². The SMILES string of the molecule is Brc1cnc2c(NCCCN3CCNCC3)ccnc2c1. The van der Waals surface area contributed by atoms with Gasteiger partial charge in [-0.15, -0.1) is 0 Å². The van der Waals surface area contributed by atoms with E-state index in [2.05, 4.69) is 41.4 Å². The Hall–Kier alpha value is -1.24. The van der Waals surface area contributed by atoms with Gasteiger partial charge in [0, 0.05) is 49.6 Å². The maximum Gasteiger partial charge on any atom is 0.112 e. The molecule has 0 radical (unpaired) electrons. The van der Waals surface area contributed by atoms with Gasteiger partial charge in [0.05, 0.1) is 11.2 Å². The summed E-state index contributed by atoms with van der Waals surface area (Å²) in [6.45, 7) is 6.65. The summed E-state index contributed by atoms with van der Waals surface area (Å²) in [5.74, 6) is 0. The molecule has 0 unspecified atom stereocenters. The third-order valence-electron chi connectivity index (χ3n) is 3.72. The van der Waals surface area contributed by atoms with E-state index in [1.54, 1.807) is 0 Å². The summed E-state index contributed by atoms with van der Waals surface area (Å²) in [7, 11) is 0. The van der Waals surface area contributed by atoms with Gasteiger partial charge < -0.3 is 15.5 Å². The van der Waals surface area contributed by atoms with Crippen LogP contribution in [0.1, 0.15) is 6.42 Å². The highest BCUT2D eigenvalue weighted by molar-refractivity contribution is 9.10. The molecule has 0 atom stereocenters. The number of fused-ring (bicyclic) bond motifs is 1. The number of halogens is 1. The van der Waals surface area contributed by atoms with Crippen molar-refractivity contribution in [3.63, 3.8) is 0 Å². The first-order chi connectivity index (χ1) is 10.3. The van der Waals surface area contributed by atoms with Gasteiger partial charge in [-0.05, 0) is 41.0 Å². The Bertz CT molecular complexity index is 598. The molecule has 21 heavy (non-hydrogen) atoms. The van der Waals surface area contributed by atoms with E-state index in [0.29, 0.717) is 0 Å². The number of piperazine rings is 1. The zero-order valence-electron chi connectivity index (χ0n) is 12.0. The van der Waals surface area contributed by atoms with E-state index in [0.717, 1.165) is 66.9 Å². The van der Waals surface area contributed by atoms with Crippen LogP contribution in [0.5, 0.6) is 0 Å². The van der Waals surface area contributed by atoms with Crippen LogP contribution in [0.25, 0.3) is 11.0 Å². The first-order valence-corrected chi connectivity index (χ1v) is 8.19. The monoisotopic (exact) mass is 349 g/mol. The highest BCUT2D eigenvalue weighted by Gasteiger charge is 2.08. The van der Waals surface area contributed by atoms with Crippen molar-refractivity contribution in [2.45, 2.75) is 6.42 Å². The first-order valence-electron chi connectivity index (χ1n) is 7.40. The molecule has 112 valence electrons. The van der Waals surface area contributed by atoms with E-state index < -0.39 is 0 Å². The largest absolute Gasteiger partial charge is 0.383 e. The molecule has 0 saturated carbocycles. The van der Waals surface area contributed by atoms with E-state index in [1.165, 1.54) is 0 Å². The smallest absolute Gasteiger partial charge is 0.112 e. The lowest BCUT2D eigenvalue weighted by atomic mass is 10.2. The summed E-state index contributed by atoms with van der Waals surface area (Å²) < 4.78 is 0.957. The second-order valence-electron chi connectivity index (χ2n) is 5.25. The van der Waals surface area contributed by atoms with Gasteiger partial charge in [0.2, 0.25) is 0 Å². The van der Waals surface area contributed by atoms with Gasteiger partial charge >= 0.3 is 0 Å². The summed E-state index contributed by atoms with van der Waals surface area (Å²) in [5, 5.41) is 6.87. The zero-order chi connectivity index (χ0) is 14.5. The Labute approximate surface area is 133 Å². The van der Waals surface area contributed by atoms with Crippen LogP contribution in [0.15, 0.2) is 29.0 Å². The Morgan fingerprint density at radius 2 is 2.14 bits per heavy atom. The molecule has 0 spiro atoms. The fourth-order valence-electron chi connectivity index (χ4n) is 2.61. The van der Waals surface area contributed by atoms with E-state index >= 15 is 0 Å². The quantitative estimate of drug-likeness (QED) is 0.809. The van der Waals surface area contributed by atoms with Gasteiger partial charge in [0.15, 0.2) is 0 Å². The lowest BCUT2D eigenvalue weighted by molar-refractivity contribution is 0.240. The van der Waals surface area contributed by atoms with Crippen molar-refractivity contribution in [1.82, 2.24) is 20.2 Å². The highest BCUT2D eigenvalue weighted by Crippen LogP contribution is 2.21. The van der Waals surface area contributed by atoms with E-state index in [-0.39, 0.29) is 0 Å². The van der Waals surface area contributed by atoms with Gasteiger partial charge in [0.1, 0.15) is 5.52 Å². The summed E-state index contributed by atoms with van der Waals surface area (Å²) in [6, 6.07) is 3.99. The summed E-state index contributed by atoms with van der Waals surface area (Å²) >= 11 is 3.43. The Morgan fingerprint density at radius 1 is 1.29 bits per heavy atom. The van der Waals surface area contributed by atoms with Crippen LogP contribution >= 0.6 is 15.9 Å². The molecule has 2 aromatic rings. The number of nitrogens with one attached hydrogen (secondary N) is 2. The normalized spacial score (nSPS) is 16.2. The Kier molecular flexibility index (Phi) is 5.00. The minimum atomic E-state index is 0.913. The average Bonchev–Trinajstić information content (AvgIpc) is 2.52. The summed E-state index contributed by atoms with van der Waals surface area (Å²) in [6.07, 6.45) is 4.78. The number of hydrogen-bond acceptors (Lipinski definition) is 5. The molecular formula is C15H20BrN5. The van der Waals surface area contributed by atoms with Crippen molar-refractivity contribution in [2.24, 2.45) is 0 Å². The second-order valence-corrected chi connectivity index (χ2v) is 6.17. The van der Waals surface area contributed by atoms with Crippen LogP contribution < -0.4 is 10.6 Å². The number of rotatable bonds is 5. The molecule has 1 aliphatic rings. The van der Waals surface area contributed by atoms with Crippen LogP contribution in [0.3, 0.4) is 0 Å². The summed E-state index contributed by atoms with van der Waals surface area (Å²) in [4.78, 5) is 11.3. The van der Waals surface area contributed by atoms with Crippen LogP contribution in [0, 0.1) is 0 Å². The van der Waals surface area contributed by atoms with E-state index in [9.17, 15) is 0 Å². The standard InChI is InChI=1S/C15H20BrN5/c16-12-10-14-15(20-11-12)13(2-4-19-14)18-3-1-7-21-8-5-17-6-9-21/h2,4,10-11,17H,1,3,5-9H2,(H,18,19). The number of anilines is 1. The van der Waals surface area contributed by atoms with Crippen molar-refractivity contribution < 1.29 is 0 Å². The van der Waals surface area contributed by atoms with E-state index in [1.807, 2.05) is 24.5 Å². The van der Waals surface area contributed by atoms with Gasteiger partial charge in [-0.1, -0.05) is 0 Å². The third kappa shape index (κ3) is 3.90. The van der Waals surface area contributed by atoms with Gasteiger partial charge in [-0.3, -0.25) is 9.97 Å². The number of aromatic nitrogens is 2. The average molecular weight is 350 g/mol. The zero-order valence-corrected chi connectivity index (χ0v) is 13.6. The third-order valence-corrected chi connectivity index (χ3v) is 4.15. The molecule has 3 rings (SSSR count). The fraction of sp³-hybridized carbons (Fsp3) is 0.467. The predicted octanol–water partition coefficient (Wildman–Crippen LogP) is 2.10. The Morgan fingerprint density at radius 3 is 3.00 bits per heavy atom. The van der Waals surface area contributed by atoms with Gasteiger partial charge in [0.25, 0.3) is 0 Å². The van der Waals surface area contributed by atoms with Crippen molar-refractivity contribution in [3.05, 3.63) is 29.0 Å². The predicted molar refractivity (Wildman–Crippen MR) is 89.7 cm³/mol. The number of nitrogens with zero attached hydrogens (tertiary/aromatic N) is 3. The first kappa shape index (κ1) is 14.7. The molecule has 0 amide bonds. The van der Waals surface area contributed by atoms with Crippen LogP contribution in [0.4, 0.5) is 5.69 Å². The van der Waals surface area contributed by atoms with Crippen molar-refractivity contribution in [2.75, 3.05) is 44.6 Å². The molecule has 6 heteroatoms. The topological polar surface area (TPSA) is 53.1 Å². The van der Waals surface area contributed by atoms with Gasteiger partial charge in [-0.25, -0.2) is 0 Å². The van der Waals surface area contributed by atoms with Crippen LogP contribution in [0.2, 0.25) is 0 Å². The Balaban J connectivity index is 1.55. The maximum absolute atomic E-state index is 4.46. The van der Waals surface area contributed by atoms with Gasteiger partial charge in [-0.2, -0.15) is 0 Å². The molecule has 5 nitrogen and oxygen atoms in total. The molecule has 1 aliphatic heterocycles. The molecule has 2 aromatic heterocycles. The minimum Gasteiger partial charge on any atom is -0.383 e. The van der Waals surface area contributed by atoms with Crippen LogP contribution in [-0.2, 0) is 0 Å². The lowest BCUT2D eigenvalue weighted by Crippen LogP contribution is -2.44. The highest BCUT2D eigenvalue weighted by atomic mass is 79.9. The summed E-state index contributed by atoms with van der Waals surface area (Å²) in [5.41, 5.74) is 2.91. The molecule has 3 heterocycles. The lowest BCUT2D eigenvalue weighted by Gasteiger charge is -2.27. The van der Waals surface area contributed by atoms with Crippen molar-refractivity contribution in [3.8, 4) is 0 Å². The molecule has 1 fully saturated rings. The molecule has 0 aromatic carbocycles. The molecule has 0 bridgehead atoms. The number of pyridine rings is 2. The van der Waals surface area contributed by atoms with Crippen molar-refractivity contribution >= 4 is 32.7 Å². The van der Waals surface area contributed by atoms with Crippen molar-refractivity contribution in [1.29, 1.82) is 0 Å².